The largest absolute Gasteiger partial charge is 0.454 e. The molecule has 1 N–H and O–H groups in total. The second kappa shape index (κ2) is 12.1. The summed E-state index contributed by atoms with van der Waals surface area (Å²) in [5.74, 6) is 0.808. The van der Waals surface area contributed by atoms with Gasteiger partial charge in [-0.1, -0.05) is 30.3 Å². The Morgan fingerprint density at radius 1 is 1.00 bits per heavy atom. The zero-order valence-corrected chi connectivity index (χ0v) is 21.4. The predicted octanol–water partition coefficient (Wildman–Crippen LogP) is 3.68. The van der Waals surface area contributed by atoms with Gasteiger partial charge in [0.05, 0.1) is 10.7 Å². The number of nitro groups is 1. The van der Waals surface area contributed by atoms with Crippen LogP contribution in [-0.4, -0.2) is 55.5 Å². The number of ether oxygens (including phenoxy) is 2. The quantitative estimate of drug-likeness (QED) is 0.207. The number of nitro benzene ring substituents is 1. The van der Waals surface area contributed by atoms with Gasteiger partial charge in [-0.25, -0.2) is 13.1 Å². The molecule has 1 amide bonds. The first kappa shape index (κ1) is 26.5. The van der Waals surface area contributed by atoms with E-state index in [4.69, 9.17) is 9.47 Å². The fourth-order valence-corrected chi connectivity index (χ4v) is 5.57. The molecule has 12 heteroatoms. The maximum absolute atomic E-state index is 12.7. The molecule has 0 spiro atoms. The molecule has 0 saturated heterocycles. The first-order valence-electron chi connectivity index (χ1n) is 11.4. The summed E-state index contributed by atoms with van der Waals surface area (Å²) in [5.41, 5.74) is 0.539. The van der Waals surface area contributed by atoms with E-state index in [0.717, 1.165) is 22.3 Å². The van der Waals surface area contributed by atoms with E-state index >= 15 is 0 Å². The predicted molar refractivity (Wildman–Crippen MR) is 139 cm³/mol. The number of thioether (sulfide) groups is 1. The third-order valence-corrected chi connectivity index (χ3v) is 7.71. The van der Waals surface area contributed by atoms with Crippen molar-refractivity contribution >= 4 is 33.4 Å². The van der Waals surface area contributed by atoms with E-state index in [1.807, 2.05) is 58.2 Å². The van der Waals surface area contributed by atoms with Gasteiger partial charge in [0.2, 0.25) is 16.8 Å². The number of rotatable bonds is 12. The molecule has 0 bridgehead atoms. The Hall–Kier alpha value is -3.61. The fourth-order valence-electron chi connectivity index (χ4n) is 3.64. The maximum Gasteiger partial charge on any atom is 0.270 e. The van der Waals surface area contributed by atoms with E-state index in [1.165, 1.54) is 18.2 Å². The number of benzene rings is 3. The number of non-ortho nitro benzene ring substituents is 1. The SMILES string of the molecule is O=C(NS(=O)(=O)CCN(CCSc1ccccc1)Cc1ccc2c(c1)OCO2)c1cccc([N+](=O)[O-])c1. The van der Waals surface area contributed by atoms with Gasteiger partial charge in [0, 0.05) is 48.0 Å². The van der Waals surface area contributed by atoms with Crippen molar-refractivity contribution < 1.29 is 27.6 Å². The standard InChI is InChI=1S/C25H25N3O7S2/c29-25(20-5-4-6-21(16-20)28(30)31)26-37(32,33)14-12-27(11-13-36-22-7-2-1-3-8-22)17-19-9-10-23-24(15-19)35-18-34-23/h1-10,15-16H,11-14,17-18H2,(H,26,29). The Morgan fingerprint density at radius 3 is 2.57 bits per heavy atom. The lowest BCUT2D eigenvalue weighted by atomic mass is 10.2. The molecule has 1 aliphatic rings. The molecule has 1 aliphatic heterocycles. The number of hydrogen-bond donors (Lipinski definition) is 1. The summed E-state index contributed by atoms with van der Waals surface area (Å²) in [5, 5.41) is 11.0. The zero-order chi connectivity index (χ0) is 26.3. The fraction of sp³-hybridized carbons (Fsp3) is 0.240. The average Bonchev–Trinajstić information content (AvgIpc) is 3.36. The topological polar surface area (TPSA) is 128 Å². The second-order valence-electron chi connectivity index (χ2n) is 8.18. The van der Waals surface area contributed by atoms with Crippen LogP contribution in [0.4, 0.5) is 5.69 Å². The molecule has 0 aromatic heterocycles. The highest BCUT2D eigenvalue weighted by Gasteiger charge is 2.20. The van der Waals surface area contributed by atoms with E-state index < -0.39 is 20.9 Å². The van der Waals surface area contributed by atoms with Crippen LogP contribution in [0.5, 0.6) is 11.5 Å². The van der Waals surface area contributed by atoms with Gasteiger partial charge in [0.15, 0.2) is 11.5 Å². The summed E-state index contributed by atoms with van der Waals surface area (Å²) in [4.78, 5) is 25.9. The Balaban J connectivity index is 1.39. The Bertz CT molecular complexity index is 1370. The molecule has 37 heavy (non-hydrogen) atoms. The molecule has 0 unspecified atom stereocenters. The van der Waals surface area contributed by atoms with Gasteiger partial charge >= 0.3 is 0 Å². The van der Waals surface area contributed by atoms with Crippen molar-refractivity contribution in [2.45, 2.75) is 11.4 Å². The molecule has 0 radical (unpaired) electrons. The van der Waals surface area contributed by atoms with Crippen LogP contribution >= 0.6 is 11.8 Å². The van der Waals surface area contributed by atoms with E-state index in [9.17, 15) is 23.3 Å². The lowest BCUT2D eigenvalue weighted by Gasteiger charge is -2.22. The molecule has 0 aliphatic carbocycles. The van der Waals surface area contributed by atoms with Crippen LogP contribution in [0, 0.1) is 10.1 Å². The van der Waals surface area contributed by atoms with Gasteiger partial charge in [-0.05, 0) is 35.9 Å². The first-order valence-corrected chi connectivity index (χ1v) is 14.0. The Labute approximate surface area is 218 Å². The maximum atomic E-state index is 12.7. The lowest BCUT2D eigenvalue weighted by Crippen LogP contribution is -2.38. The molecular weight excluding hydrogens is 518 g/mol. The number of carbonyl (C=O) groups is 1. The van der Waals surface area contributed by atoms with E-state index in [2.05, 4.69) is 0 Å². The minimum Gasteiger partial charge on any atom is -0.454 e. The highest BCUT2D eigenvalue weighted by atomic mass is 32.2. The van der Waals surface area contributed by atoms with Crippen LogP contribution < -0.4 is 14.2 Å². The number of amides is 1. The van der Waals surface area contributed by atoms with Crippen LogP contribution in [0.25, 0.3) is 0 Å². The van der Waals surface area contributed by atoms with Crippen molar-refractivity contribution in [2.24, 2.45) is 0 Å². The zero-order valence-electron chi connectivity index (χ0n) is 19.7. The summed E-state index contributed by atoms with van der Waals surface area (Å²) in [6.45, 7) is 1.41. The van der Waals surface area contributed by atoms with E-state index in [-0.39, 0.29) is 30.3 Å². The monoisotopic (exact) mass is 543 g/mol. The van der Waals surface area contributed by atoms with Crippen LogP contribution in [-0.2, 0) is 16.6 Å². The highest BCUT2D eigenvalue weighted by Crippen LogP contribution is 2.32. The number of nitrogens with zero attached hydrogens (tertiary/aromatic N) is 2. The highest BCUT2D eigenvalue weighted by molar-refractivity contribution is 7.99. The smallest absolute Gasteiger partial charge is 0.270 e. The molecule has 3 aromatic carbocycles. The summed E-state index contributed by atoms with van der Waals surface area (Å²) < 4.78 is 38.2. The summed E-state index contributed by atoms with van der Waals surface area (Å²) >= 11 is 1.66. The van der Waals surface area contributed by atoms with E-state index in [1.54, 1.807) is 11.8 Å². The van der Waals surface area contributed by atoms with Gasteiger partial charge in [0.1, 0.15) is 0 Å². The first-order chi connectivity index (χ1) is 17.8. The van der Waals surface area contributed by atoms with Gasteiger partial charge in [-0.15, -0.1) is 11.8 Å². The van der Waals surface area contributed by atoms with Crippen molar-refractivity contribution in [1.29, 1.82) is 0 Å². The molecule has 0 fully saturated rings. The molecule has 0 saturated carbocycles. The van der Waals surface area contributed by atoms with Crippen LogP contribution in [0.2, 0.25) is 0 Å². The second-order valence-corrected chi connectivity index (χ2v) is 11.2. The van der Waals surface area contributed by atoms with Crippen molar-refractivity contribution in [1.82, 2.24) is 9.62 Å². The van der Waals surface area contributed by atoms with Gasteiger partial charge < -0.3 is 9.47 Å². The molecule has 4 rings (SSSR count). The lowest BCUT2D eigenvalue weighted by molar-refractivity contribution is -0.384. The normalized spacial score (nSPS) is 12.5. The summed E-state index contributed by atoms with van der Waals surface area (Å²) in [6.07, 6.45) is 0. The molecule has 1 heterocycles. The number of fused-ring (bicyclic) bond motifs is 1. The molecule has 194 valence electrons. The average molecular weight is 544 g/mol. The molecular formula is C25H25N3O7S2. The number of sulfonamides is 1. The van der Waals surface area contributed by atoms with E-state index in [0.29, 0.717) is 24.6 Å². The molecule has 0 atom stereocenters. The minimum atomic E-state index is -4.00. The van der Waals surface area contributed by atoms with Crippen molar-refractivity contribution in [2.75, 3.05) is 31.4 Å². The Morgan fingerprint density at radius 2 is 1.78 bits per heavy atom. The molecule has 3 aromatic rings. The molecule has 10 nitrogen and oxygen atoms in total. The minimum absolute atomic E-state index is 0.103. The van der Waals surface area contributed by atoms with Crippen molar-refractivity contribution in [3.05, 3.63) is 94.0 Å². The third kappa shape index (κ3) is 7.68. The van der Waals surface area contributed by atoms with Crippen LogP contribution in [0.1, 0.15) is 15.9 Å². The summed E-state index contributed by atoms with van der Waals surface area (Å²) in [6, 6.07) is 20.4. The van der Waals surface area contributed by atoms with Crippen LogP contribution in [0.3, 0.4) is 0 Å². The van der Waals surface area contributed by atoms with Gasteiger partial charge in [-0.3, -0.25) is 19.8 Å². The Kier molecular flexibility index (Phi) is 8.64. The van der Waals surface area contributed by atoms with Gasteiger partial charge in [-0.2, -0.15) is 0 Å². The number of hydrogen-bond acceptors (Lipinski definition) is 9. The number of nitrogens with one attached hydrogen (secondary N) is 1. The van der Waals surface area contributed by atoms with Gasteiger partial charge in [0.25, 0.3) is 11.6 Å². The summed E-state index contributed by atoms with van der Waals surface area (Å²) in [7, 11) is -4.00. The van der Waals surface area contributed by atoms with Crippen molar-refractivity contribution in [3.63, 3.8) is 0 Å². The van der Waals surface area contributed by atoms with Crippen molar-refractivity contribution in [3.8, 4) is 11.5 Å². The third-order valence-electron chi connectivity index (χ3n) is 5.51. The number of carbonyl (C=O) groups excluding carboxylic acids is 1. The van der Waals surface area contributed by atoms with Crippen LogP contribution in [0.15, 0.2) is 77.7 Å².